The fourth-order valence-corrected chi connectivity index (χ4v) is 2.61. The molecule has 0 radical (unpaired) electrons. The van der Waals surface area contributed by atoms with Gasteiger partial charge in [0, 0.05) is 9.35 Å². The van der Waals surface area contributed by atoms with Crippen molar-refractivity contribution in [3.63, 3.8) is 0 Å². The Morgan fingerprint density at radius 2 is 2.13 bits per heavy atom. The van der Waals surface area contributed by atoms with E-state index in [9.17, 15) is 0 Å². The third kappa shape index (κ3) is 2.42. The van der Waals surface area contributed by atoms with Crippen molar-refractivity contribution in [2.75, 3.05) is 0 Å². The van der Waals surface area contributed by atoms with Gasteiger partial charge in [-0.2, -0.15) is 0 Å². The molecule has 1 nitrogen and oxygen atoms in total. The summed E-state index contributed by atoms with van der Waals surface area (Å²) < 4.78 is 0.883. The highest BCUT2D eigenvalue weighted by atomic mass is 79.9. The van der Waals surface area contributed by atoms with E-state index in [2.05, 4.69) is 15.9 Å². The molecule has 0 aliphatic heterocycles. The van der Waals surface area contributed by atoms with Crippen LogP contribution in [0.4, 0.5) is 0 Å². The van der Waals surface area contributed by atoms with Gasteiger partial charge in [-0.15, -0.1) is 11.3 Å². The Balaban J connectivity index is 2.34. The van der Waals surface area contributed by atoms with Gasteiger partial charge in [-0.3, -0.25) is 0 Å². The van der Waals surface area contributed by atoms with Crippen LogP contribution in [0.5, 0.6) is 0 Å². The van der Waals surface area contributed by atoms with Gasteiger partial charge in [0.1, 0.15) is 0 Å². The molecule has 2 N–H and O–H groups in total. The second-order valence-electron chi connectivity index (χ2n) is 3.17. The van der Waals surface area contributed by atoms with Crippen LogP contribution in [0.25, 0.3) is 0 Å². The van der Waals surface area contributed by atoms with Crippen molar-refractivity contribution in [3.8, 4) is 0 Å². The molecular weight excluding hydrogens is 294 g/mol. The average Bonchev–Trinajstić information content (AvgIpc) is 2.74. The lowest BCUT2D eigenvalue weighted by atomic mass is 10.1. The van der Waals surface area contributed by atoms with Crippen LogP contribution >= 0.6 is 38.9 Å². The maximum atomic E-state index is 6.13. The van der Waals surface area contributed by atoms with Gasteiger partial charge >= 0.3 is 0 Å². The highest BCUT2D eigenvalue weighted by Gasteiger charge is 2.10. The minimum atomic E-state index is -0.0708. The zero-order chi connectivity index (χ0) is 10.8. The lowest BCUT2D eigenvalue weighted by Gasteiger charge is -2.10. The summed E-state index contributed by atoms with van der Waals surface area (Å²) in [6.07, 6.45) is 0. The number of rotatable bonds is 2. The molecule has 2 aromatic rings. The van der Waals surface area contributed by atoms with Crippen LogP contribution in [-0.4, -0.2) is 0 Å². The van der Waals surface area contributed by atoms with Crippen LogP contribution in [0.1, 0.15) is 16.5 Å². The summed E-state index contributed by atoms with van der Waals surface area (Å²) in [4.78, 5) is 1.16. The maximum Gasteiger partial charge on any atom is 0.0646 e. The van der Waals surface area contributed by atoms with Gasteiger partial charge in [0.25, 0.3) is 0 Å². The zero-order valence-electron chi connectivity index (χ0n) is 7.78. The van der Waals surface area contributed by atoms with Crippen molar-refractivity contribution >= 4 is 38.9 Å². The second kappa shape index (κ2) is 4.66. The van der Waals surface area contributed by atoms with Crippen molar-refractivity contribution in [1.82, 2.24) is 0 Å². The first kappa shape index (κ1) is 11.1. The number of thiophene rings is 1. The van der Waals surface area contributed by atoms with Crippen molar-refractivity contribution in [2.24, 2.45) is 5.73 Å². The summed E-state index contributed by atoms with van der Waals surface area (Å²) in [5.41, 5.74) is 7.19. The molecule has 1 heterocycles. The summed E-state index contributed by atoms with van der Waals surface area (Å²) in [6, 6.07) is 9.75. The van der Waals surface area contributed by atoms with Crippen molar-refractivity contribution in [2.45, 2.75) is 6.04 Å². The third-order valence-corrected chi connectivity index (χ3v) is 4.32. The summed E-state index contributed by atoms with van der Waals surface area (Å²) in [6.45, 7) is 0. The largest absolute Gasteiger partial charge is 0.320 e. The molecule has 1 aromatic carbocycles. The van der Waals surface area contributed by atoms with Crippen LogP contribution in [0.15, 0.2) is 40.2 Å². The van der Waals surface area contributed by atoms with Crippen LogP contribution in [-0.2, 0) is 0 Å². The highest BCUT2D eigenvalue weighted by Crippen LogP contribution is 2.29. The van der Waals surface area contributed by atoms with Gasteiger partial charge in [0.05, 0.1) is 11.1 Å². The molecule has 1 atom stereocenters. The van der Waals surface area contributed by atoms with Gasteiger partial charge in [0.2, 0.25) is 0 Å². The van der Waals surface area contributed by atoms with E-state index in [1.807, 2.05) is 35.7 Å². The van der Waals surface area contributed by atoms with Crippen molar-refractivity contribution < 1.29 is 0 Å². The molecule has 0 saturated carbocycles. The minimum absolute atomic E-state index is 0.0708. The molecule has 0 bridgehead atoms. The molecule has 4 heteroatoms. The predicted molar refractivity (Wildman–Crippen MR) is 69.5 cm³/mol. The van der Waals surface area contributed by atoms with E-state index in [4.69, 9.17) is 17.3 Å². The molecular formula is C11H9BrClNS. The standard InChI is InChI=1S/C11H9BrClNS/c12-8-6-7(3-4-9(8)13)11(14)10-2-1-5-15-10/h1-6,11H,14H2/t11-/m0/s1. The summed E-state index contributed by atoms with van der Waals surface area (Å²) >= 11 is 11.0. The minimum Gasteiger partial charge on any atom is -0.320 e. The van der Waals surface area contributed by atoms with Crippen molar-refractivity contribution in [1.29, 1.82) is 0 Å². The Morgan fingerprint density at radius 3 is 2.73 bits per heavy atom. The van der Waals surface area contributed by atoms with Gasteiger partial charge in [-0.25, -0.2) is 0 Å². The van der Waals surface area contributed by atoms with E-state index in [1.54, 1.807) is 11.3 Å². The van der Waals surface area contributed by atoms with E-state index in [1.165, 1.54) is 0 Å². The Bertz CT molecular complexity index is 456. The number of hydrogen-bond acceptors (Lipinski definition) is 2. The van der Waals surface area contributed by atoms with Crippen LogP contribution in [0.2, 0.25) is 5.02 Å². The molecule has 0 unspecified atom stereocenters. The first-order chi connectivity index (χ1) is 7.18. The van der Waals surface area contributed by atoms with Gasteiger partial charge < -0.3 is 5.73 Å². The van der Waals surface area contributed by atoms with Gasteiger partial charge in [0.15, 0.2) is 0 Å². The summed E-state index contributed by atoms with van der Waals surface area (Å²) in [5, 5.41) is 2.73. The van der Waals surface area contributed by atoms with Gasteiger partial charge in [-0.1, -0.05) is 23.7 Å². The molecule has 2 rings (SSSR count). The quantitative estimate of drug-likeness (QED) is 0.883. The van der Waals surface area contributed by atoms with Crippen LogP contribution < -0.4 is 5.73 Å². The third-order valence-electron chi connectivity index (χ3n) is 2.15. The normalized spacial score (nSPS) is 12.7. The van der Waals surface area contributed by atoms with E-state index in [0.29, 0.717) is 5.02 Å². The molecule has 1 aromatic heterocycles. The second-order valence-corrected chi connectivity index (χ2v) is 5.41. The Hall–Kier alpha value is -0.350. The smallest absolute Gasteiger partial charge is 0.0646 e. The molecule has 0 fully saturated rings. The maximum absolute atomic E-state index is 6.13. The first-order valence-corrected chi connectivity index (χ1v) is 6.47. The van der Waals surface area contributed by atoms with E-state index < -0.39 is 0 Å². The van der Waals surface area contributed by atoms with E-state index >= 15 is 0 Å². The molecule has 0 saturated heterocycles. The molecule has 0 amide bonds. The SMILES string of the molecule is N[C@@H](c1ccc(Cl)c(Br)c1)c1cccs1. The Morgan fingerprint density at radius 1 is 1.33 bits per heavy atom. The number of nitrogens with two attached hydrogens (primary N) is 1. The Kier molecular flexibility index (Phi) is 3.46. The van der Waals surface area contributed by atoms with Gasteiger partial charge in [-0.05, 0) is 45.1 Å². The number of halogens is 2. The zero-order valence-corrected chi connectivity index (χ0v) is 10.9. The topological polar surface area (TPSA) is 26.0 Å². The van der Waals surface area contributed by atoms with Crippen molar-refractivity contribution in [3.05, 3.63) is 55.6 Å². The molecule has 78 valence electrons. The Labute approximate surface area is 106 Å². The van der Waals surface area contributed by atoms with E-state index in [0.717, 1.165) is 14.9 Å². The predicted octanol–water partition coefficient (Wildman–Crippen LogP) is 4.21. The van der Waals surface area contributed by atoms with Crippen LogP contribution in [0, 0.1) is 0 Å². The fourth-order valence-electron chi connectivity index (χ4n) is 1.34. The monoisotopic (exact) mass is 301 g/mol. The highest BCUT2D eigenvalue weighted by molar-refractivity contribution is 9.10. The van der Waals surface area contributed by atoms with E-state index in [-0.39, 0.29) is 6.04 Å². The molecule has 0 spiro atoms. The first-order valence-electron chi connectivity index (χ1n) is 4.42. The summed E-state index contributed by atoms with van der Waals surface area (Å²) in [5.74, 6) is 0. The average molecular weight is 303 g/mol. The fraction of sp³-hybridized carbons (Fsp3) is 0.0909. The summed E-state index contributed by atoms with van der Waals surface area (Å²) in [7, 11) is 0. The lowest BCUT2D eigenvalue weighted by Crippen LogP contribution is -2.09. The van der Waals surface area contributed by atoms with Crippen LogP contribution in [0.3, 0.4) is 0 Å². The molecule has 15 heavy (non-hydrogen) atoms. The lowest BCUT2D eigenvalue weighted by molar-refractivity contribution is 0.892. The number of benzene rings is 1. The molecule has 0 aliphatic carbocycles. The number of hydrogen-bond donors (Lipinski definition) is 1. The molecule has 0 aliphatic rings.